The first kappa shape index (κ1) is 10.8. The number of halogens is 1. The summed E-state index contributed by atoms with van der Waals surface area (Å²) in [5.41, 5.74) is 1.48. The molecule has 0 amide bonds. The number of hydrogen-bond donors (Lipinski definition) is 1. The van der Waals surface area contributed by atoms with Crippen LogP contribution in [0.2, 0.25) is 0 Å². The summed E-state index contributed by atoms with van der Waals surface area (Å²) >= 11 is 3.45. The van der Waals surface area contributed by atoms with E-state index in [0.717, 1.165) is 28.5 Å². The van der Waals surface area contributed by atoms with Gasteiger partial charge < -0.3 is 9.72 Å². The number of rotatable bonds is 4. The fourth-order valence-corrected chi connectivity index (χ4v) is 3.26. The summed E-state index contributed by atoms with van der Waals surface area (Å²) in [7, 11) is 0. The van der Waals surface area contributed by atoms with E-state index in [2.05, 4.69) is 31.2 Å². The van der Waals surface area contributed by atoms with Gasteiger partial charge in [-0.3, -0.25) is 0 Å². The number of fused-ring (bicyclic) bond motifs is 1. The van der Waals surface area contributed by atoms with Crippen molar-refractivity contribution in [3.63, 3.8) is 0 Å². The van der Waals surface area contributed by atoms with Gasteiger partial charge in [0.1, 0.15) is 4.60 Å². The molecule has 0 unspecified atom stereocenters. The second kappa shape index (κ2) is 3.70. The van der Waals surface area contributed by atoms with Gasteiger partial charge in [0.2, 0.25) is 0 Å². The van der Waals surface area contributed by atoms with E-state index in [1.807, 2.05) is 23.0 Å². The third-order valence-corrected chi connectivity index (χ3v) is 4.67. The minimum atomic E-state index is 0.577. The van der Waals surface area contributed by atoms with Gasteiger partial charge in [0.15, 0.2) is 11.5 Å². The Balaban J connectivity index is 1.60. The molecule has 0 aromatic carbocycles. The standard InChI is InChI=1S/C13H15BrN4/c14-10-7-18-6-5-15-12(18)11(17-10)16-8-13(3-4-13)9-1-2-9/h5-7,9H,1-4,8H2,(H,16,17). The third kappa shape index (κ3) is 1.72. The highest BCUT2D eigenvalue weighted by atomic mass is 79.9. The Morgan fingerprint density at radius 1 is 1.44 bits per heavy atom. The Morgan fingerprint density at radius 2 is 2.28 bits per heavy atom. The summed E-state index contributed by atoms with van der Waals surface area (Å²) in [4.78, 5) is 8.86. The van der Waals surface area contributed by atoms with Crippen molar-refractivity contribution in [2.24, 2.45) is 11.3 Å². The van der Waals surface area contributed by atoms with Gasteiger partial charge in [-0.1, -0.05) is 0 Å². The van der Waals surface area contributed by atoms with Gasteiger partial charge in [-0.2, -0.15) is 0 Å². The van der Waals surface area contributed by atoms with Crippen molar-refractivity contribution in [1.29, 1.82) is 0 Å². The van der Waals surface area contributed by atoms with Crippen LogP contribution in [-0.2, 0) is 0 Å². The molecule has 4 nitrogen and oxygen atoms in total. The Morgan fingerprint density at radius 3 is 3.00 bits per heavy atom. The molecule has 2 aliphatic carbocycles. The highest BCUT2D eigenvalue weighted by molar-refractivity contribution is 9.10. The topological polar surface area (TPSA) is 42.2 Å². The van der Waals surface area contributed by atoms with E-state index in [-0.39, 0.29) is 0 Å². The summed E-state index contributed by atoms with van der Waals surface area (Å²) in [6.45, 7) is 1.05. The molecule has 0 spiro atoms. The molecule has 4 rings (SSSR count). The summed E-state index contributed by atoms with van der Waals surface area (Å²) in [5, 5.41) is 3.51. The fraction of sp³-hybridized carbons (Fsp3) is 0.538. The van der Waals surface area contributed by atoms with Crippen molar-refractivity contribution in [2.45, 2.75) is 25.7 Å². The number of nitrogens with zero attached hydrogens (tertiary/aromatic N) is 3. The Kier molecular flexibility index (Phi) is 2.22. The zero-order valence-electron chi connectivity index (χ0n) is 10.1. The number of anilines is 1. The Bertz CT molecular complexity index is 598. The van der Waals surface area contributed by atoms with Crippen molar-refractivity contribution < 1.29 is 0 Å². The van der Waals surface area contributed by atoms with Crippen molar-refractivity contribution in [2.75, 3.05) is 11.9 Å². The molecule has 2 aromatic rings. The quantitative estimate of drug-likeness (QED) is 0.944. The molecule has 0 saturated heterocycles. The van der Waals surface area contributed by atoms with Crippen LogP contribution in [0.1, 0.15) is 25.7 Å². The molecule has 2 aromatic heterocycles. The van der Waals surface area contributed by atoms with Crippen LogP contribution < -0.4 is 5.32 Å². The molecular formula is C13H15BrN4. The summed E-state index contributed by atoms with van der Waals surface area (Å²) in [6.07, 6.45) is 11.3. The molecule has 94 valence electrons. The van der Waals surface area contributed by atoms with Crippen LogP contribution in [0.25, 0.3) is 5.65 Å². The first-order valence-corrected chi connectivity index (χ1v) is 7.29. The smallest absolute Gasteiger partial charge is 0.180 e. The second-order valence-electron chi connectivity index (χ2n) is 5.56. The van der Waals surface area contributed by atoms with Crippen LogP contribution in [0, 0.1) is 11.3 Å². The van der Waals surface area contributed by atoms with Crippen LogP contribution in [0.15, 0.2) is 23.2 Å². The van der Waals surface area contributed by atoms with E-state index in [1.54, 1.807) is 0 Å². The summed E-state index contributed by atoms with van der Waals surface area (Å²) < 4.78 is 2.84. The molecule has 2 saturated carbocycles. The average Bonchev–Trinajstić information content (AvgIpc) is 3.23. The van der Waals surface area contributed by atoms with Gasteiger partial charge in [0, 0.05) is 25.1 Å². The minimum absolute atomic E-state index is 0.577. The lowest BCUT2D eigenvalue weighted by Gasteiger charge is -2.15. The average molecular weight is 307 g/mol. The predicted molar refractivity (Wildman–Crippen MR) is 73.6 cm³/mol. The van der Waals surface area contributed by atoms with Gasteiger partial charge in [-0.25, -0.2) is 9.97 Å². The number of aromatic nitrogens is 3. The number of nitrogens with one attached hydrogen (secondary N) is 1. The maximum Gasteiger partial charge on any atom is 0.180 e. The van der Waals surface area contributed by atoms with E-state index < -0.39 is 0 Å². The normalized spacial score (nSPS) is 21.2. The predicted octanol–water partition coefficient (Wildman–Crippen LogP) is 3.09. The van der Waals surface area contributed by atoms with Crippen molar-refractivity contribution >= 4 is 27.4 Å². The van der Waals surface area contributed by atoms with E-state index in [9.17, 15) is 0 Å². The Hall–Kier alpha value is -1.10. The molecule has 0 atom stereocenters. The number of hydrogen-bond acceptors (Lipinski definition) is 3. The molecule has 2 fully saturated rings. The van der Waals surface area contributed by atoms with Crippen LogP contribution >= 0.6 is 15.9 Å². The molecule has 2 heterocycles. The lowest BCUT2D eigenvalue weighted by Crippen LogP contribution is -2.18. The van der Waals surface area contributed by atoms with Crippen molar-refractivity contribution in [3.05, 3.63) is 23.2 Å². The largest absolute Gasteiger partial charge is 0.366 e. The number of imidazole rings is 1. The van der Waals surface area contributed by atoms with Crippen LogP contribution in [0.3, 0.4) is 0 Å². The van der Waals surface area contributed by atoms with Gasteiger partial charge >= 0.3 is 0 Å². The van der Waals surface area contributed by atoms with E-state index >= 15 is 0 Å². The molecule has 2 aliphatic rings. The maximum atomic E-state index is 4.51. The third-order valence-electron chi connectivity index (χ3n) is 4.29. The lowest BCUT2D eigenvalue weighted by atomic mass is 10.0. The molecule has 0 radical (unpaired) electrons. The molecule has 5 heteroatoms. The van der Waals surface area contributed by atoms with Crippen LogP contribution in [0.4, 0.5) is 5.82 Å². The van der Waals surface area contributed by atoms with Gasteiger partial charge in [0.25, 0.3) is 0 Å². The lowest BCUT2D eigenvalue weighted by molar-refractivity contribution is 0.466. The first-order chi connectivity index (χ1) is 8.77. The maximum absolute atomic E-state index is 4.51. The highest BCUT2D eigenvalue weighted by Gasteiger charge is 2.53. The monoisotopic (exact) mass is 306 g/mol. The van der Waals surface area contributed by atoms with Crippen LogP contribution in [-0.4, -0.2) is 20.9 Å². The van der Waals surface area contributed by atoms with Gasteiger partial charge in [0.05, 0.1) is 0 Å². The summed E-state index contributed by atoms with van der Waals surface area (Å²) in [6, 6.07) is 0. The zero-order valence-corrected chi connectivity index (χ0v) is 11.7. The zero-order chi connectivity index (χ0) is 12.2. The molecule has 18 heavy (non-hydrogen) atoms. The summed E-state index contributed by atoms with van der Waals surface area (Å²) in [5.74, 6) is 1.86. The molecular weight excluding hydrogens is 292 g/mol. The van der Waals surface area contributed by atoms with Crippen molar-refractivity contribution in [1.82, 2.24) is 14.4 Å². The highest BCUT2D eigenvalue weighted by Crippen LogP contribution is 2.61. The molecule has 1 N–H and O–H groups in total. The second-order valence-corrected chi connectivity index (χ2v) is 6.37. The SMILES string of the molecule is Brc1cn2ccnc2c(NCC2(C3CC3)CC2)n1. The molecule has 0 aliphatic heterocycles. The van der Waals surface area contributed by atoms with Gasteiger partial charge in [-0.15, -0.1) is 0 Å². The van der Waals surface area contributed by atoms with E-state index in [1.165, 1.54) is 25.7 Å². The van der Waals surface area contributed by atoms with Crippen LogP contribution in [0.5, 0.6) is 0 Å². The van der Waals surface area contributed by atoms with E-state index in [4.69, 9.17) is 0 Å². The fourth-order valence-electron chi connectivity index (χ4n) is 2.87. The van der Waals surface area contributed by atoms with Crippen molar-refractivity contribution in [3.8, 4) is 0 Å². The Labute approximate surface area is 114 Å². The van der Waals surface area contributed by atoms with E-state index in [0.29, 0.717) is 5.41 Å². The molecule has 0 bridgehead atoms. The first-order valence-electron chi connectivity index (χ1n) is 6.50. The van der Waals surface area contributed by atoms with Gasteiger partial charge in [-0.05, 0) is 52.9 Å². The minimum Gasteiger partial charge on any atom is -0.366 e.